The van der Waals surface area contributed by atoms with Gasteiger partial charge in [-0.2, -0.15) is 0 Å². The summed E-state index contributed by atoms with van der Waals surface area (Å²) < 4.78 is 25.6. The third kappa shape index (κ3) is 4.62. The summed E-state index contributed by atoms with van der Waals surface area (Å²) in [5.74, 6) is -0.592. The number of carbonyl (C=O) groups excluding carboxylic acids is 1. The first kappa shape index (κ1) is 20.4. The van der Waals surface area contributed by atoms with Gasteiger partial charge < -0.3 is 5.32 Å². The van der Waals surface area contributed by atoms with Gasteiger partial charge in [0.1, 0.15) is 6.04 Å². The van der Waals surface area contributed by atoms with Crippen LogP contribution in [-0.2, 0) is 14.8 Å². The van der Waals surface area contributed by atoms with Crippen LogP contribution in [0.1, 0.15) is 18.1 Å². The van der Waals surface area contributed by atoms with E-state index >= 15 is 0 Å². The fourth-order valence-corrected chi connectivity index (χ4v) is 3.93. The minimum Gasteiger partial charge on any atom is -0.324 e. The zero-order valence-corrected chi connectivity index (χ0v) is 16.3. The molecule has 0 heterocycles. The fourth-order valence-electron chi connectivity index (χ4n) is 2.77. The Hall–Kier alpha value is -2.94. The van der Waals surface area contributed by atoms with Crippen LogP contribution in [0.4, 0.5) is 17.1 Å². The molecule has 0 aliphatic rings. The molecule has 1 atom stereocenters. The lowest BCUT2D eigenvalue weighted by atomic mass is 10.1. The predicted octanol–water partition coefficient (Wildman–Crippen LogP) is 3.00. The molecule has 9 heteroatoms. The average molecular weight is 391 g/mol. The average Bonchev–Trinajstić information content (AvgIpc) is 2.55. The van der Waals surface area contributed by atoms with Crippen LogP contribution in [0.15, 0.2) is 42.5 Å². The van der Waals surface area contributed by atoms with Crippen LogP contribution in [0.3, 0.4) is 0 Å². The van der Waals surface area contributed by atoms with E-state index in [1.807, 2.05) is 13.0 Å². The lowest BCUT2D eigenvalue weighted by Gasteiger charge is -2.28. The summed E-state index contributed by atoms with van der Waals surface area (Å²) >= 11 is 0. The molecule has 0 bridgehead atoms. The van der Waals surface area contributed by atoms with Gasteiger partial charge >= 0.3 is 0 Å². The summed E-state index contributed by atoms with van der Waals surface area (Å²) in [6.07, 6.45) is 1.03. The third-order valence-electron chi connectivity index (χ3n) is 4.10. The molecule has 0 unspecified atom stereocenters. The number of nitrogens with zero attached hydrogens (tertiary/aromatic N) is 2. The van der Waals surface area contributed by atoms with Gasteiger partial charge in [-0.3, -0.25) is 19.2 Å². The van der Waals surface area contributed by atoms with Gasteiger partial charge in [0, 0.05) is 6.07 Å². The van der Waals surface area contributed by atoms with E-state index in [1.165, 1.54) is 32.0 Å². The normalized spacial score (nSPS) is 12.3. The number of nitro benzene ring substituents is 1. The first-order valence-electron chi connectivity index (χ1n) is 8.13. The Bertz CT molecular complexity index is 988. The maximum absolute atomic E-state index is 12.7. The molecule has 8 nitrogen and oxygen atoms in total. The van der Waals surface area contributed by atoms with Crippen molar-refractivity contribution in [2.24, 2.45) is 0 Å². The highest BCUT2D eigenvalue weighted by atomic mass is 32.2. The van der Waals surface area contributed by atoms with Crippen LogP contribution in [0.25, 0.3) is 0 Å². The molecular weight excluding hydrogens is 370 g/mol. The summed E-state index contributed by atoms with van der Waals surface area (Å²) in [6.45, 7) is 4.81. The van der Waals surface area contributed by atoms with E-state index in [2.05, 4.69) is 5.32 Å². The quantitative estimate of drug-likeness (QED) is 0.601. The number of nitro groups is 1. The van der Waals surface area contributed by atoms with E-state index in [-0.39, 0.29) is 11.4 Å². The van der Waals surface area contributed by atoms with Crippen molar-refractivity contribution >= 4 is 33.0 Å². The minimum atomic E-state index is -3.74. The second-order valence-electron chi connectivity index (χ2n) is 6.27. The predicted molar refractivity (Wildman–Crippen MR) is 104 cm³/mol. The molecule has 2 rings (SSSR count). The van der Waals surface area contributed by atoms with Crippen molar-refractivity contribution in [2.75, 3.05) is 15.9 Å². The molecular formula is C18H21N3O5S. The topological polar surface area (TPSA) is 110 Å². The maximum Gasteiger partial charge on any atom is 0.274 e. The van der Waals surface area contributed by atoms with Crippen molar-refractivity contribution < 1.29 is 18.1 Å². The summed E-state index contributed by atoms with van der Waals surface area (Å²) in [6, 6.07) is 10.1. The number of hydrogen-bond acceptors (Lipinski definition) is 5. The number of nitrogens with one attached hydrogen (secondary N) is 1. The monoisotopic (exact) mass is 391 g/mol. The molecule has 0 radical (unpaired) electrons. The Labute approximate surface area is 158 Å². The summed E-state index contributed by atoms with van der Waals surface area (Å²) in [5.41, 5.74) is 1.65. The van der Waals surface area contributed by atoms with Crippen LogP contribution in [0.5, 0.6) is 0 Å². The number of rotatable bonds is 6. The molecule has 0 saturated carbocycles. The molecule has 0 fully saturated rings. The molecule has 0 saturated heterocycles. The number of hydrogen-bond donors (Lipinski definition) is 1. The molecule has 0 aliphatic carbocycles. The zero-order valence-electron chi connectivity index (χ0n) is 15.5. The van der Waals surface area contributed by atoms with Gasteiger partial charge in [0.05, 0.1) is 28.1 Å². The molecule has 2 aromatic rings. The Balaban J connectivity index is 2.37. The van der Waals surface area contributed by atoms with E-state index in [1.54, 1.807) is 18.2 Å². The highest BCUT2D eigenvalue weighted by Gasteiger charge is 2.29. The number of benzene rings is 2. The Morgan fingerprint density at radius 1 is 1.19 bits per heavy atom. The van der Waals surface area contributed by atoms with Crippen LogP contribution in [-0.4, -0.2) is 31.5 Å². The molecule has 27 heavy (non-hydrogen) atoms. The molecule has 144 valence electrons. The largest absolute Gasteiger partial charge is 0.324 e. The van der Waals surface area contributed by atoms with E-state index in [0.29, 0.717) is 11.3 Å². The zero-order chi connectivity index (χ0) is 20.4. The molecule has 1 amide bonds. The van der Waals surface area contributed by atoms with E-state index in [0.717, 1.165) is 16.1 Å². The van der Waals surface area contributed by atoms with Gasteiger partial charge in [-0.05, 0) is 44.5 Å². The number of aryl methyl sites for hydroxylation is 1. The fraction of sp³-hybridized carbons (Fsp3) is 0.278. The van der Waals surface area contributed by atoms with E-state index < -0.39 is 26.9 Å². The van der Waals surface area contributed by atoms with Crippen molar-refractivity contribution in [3.8, 4) is 0 Å². The SMILES string of the molecule is Cc1cccc(N([C@H](C)C(=O)Nc2cccc([N+](=O)[O-])c2C)S(C)(=O)=O)c1. The first-order chi connectivity index (χ1) is 12.5. The molecule has 0 aliphatic heterocycles. The van der Waals surface area contributed by atoms with Crippen molar-refractivity contribution in [1.82, 2.24) is 0 Å². The Morgan fingerprint density at radius 3 is 2.37 bits per heavy atom. The van der Waals surface area contributed by atoms with Crippen LogP contribution >= 0.6 is 0 Å². The number of carbonyl (C=O) groups is 1. The van der Waals surface area contributed by atoms with Gasteiger partial charge in [-0.25, -0.2) is 8.42 Å². The molecule has 0 aromatic heterocycles. The standard InChI is InChI=1S/C18H21N3O5S/c1-12-7-5-8-15(11-12)20(27(4,25)26)14(3)18(22)19-16-9-6-10-17(13(16)2)21(23)24/h5-11,14H,1-4H3,(H,19,22)/t14-/m1/s1. The van der Waals surface area contributed by atoms with Crippen LogP contribution < -0.4 is 9.62 Å². The van der Waals surface area contributed by atoms with Crippen LogP contribution in [0, 0.1) is 24.0 Å². The van der Waals surface area contributed by atoms with Crippen molar-refractivity contribution in [1.29, 1.82) is 0 Å². The summed E-state index contributed by atoms with van der Waals surface area (Å²) in [4.78, 5) is 23.2. The lowest BCUT2D eigenvalue weighted by Crippen LogP contribution is -2.45. The van der Waals surface area contributed by atoms with Gasteiger partial charge in [0.25, 0.3) is 5.69 Å². The van der Waals surface area contributed by atoms with Gasteiger partial charge in [0.15, 0.2) is 0 Å². The highest BCUT2D eigenvalue weighted by molar-refractivity contribution is 7.92. The number of anilines is 2. The summed E-state index contributed by atoms with van der Waals surface area (Å²) in [5, 5.41) is 13.6. The van der Waals surface area contributed by atoms with Crippen LogP contribution in [0.2, 0.25) is 0 Å². The Morgan fingerprint density at radius 2 is 1.81 bits per heavy atom. The minimum absolute atomic E-state index is 0.126. The highest BCUT2D eigenvalue weighted by Crippen LogP contribution is 2.26. The van der Waals surface area contributed by atoms with Crippen molar-refractivity contribution in [3.63, 3.8) is 0 Å². The summed E-state index contributed by atoms with van der Waals surface area (Å²) in [7, 11) is -3.74. The number of amides is 1. The second-order valence-corrected chi connectivity index (χ2v) is 8.13. The van der Waals surface area contributed by atoms with Crippen molar-refractivity contribution in [3.05, 3.63) is 63.7 Å². The number of sulfonamides is 1. The van der Waals surface area contributed by atoms with Crippen molar-refractivity contribution in [2.45, 2.75) is 26.8 Å². The second kappa shape index (κ2) is 7.75. The van der Waals surface area contributed by atoms with E-state index in [4.69, 9.17) is 0 Å². The Kier molecular flexibility index (Phi) is 5.85. The maximum atomic E-state index is 12.7. The molecule has 2 aromatic carbocycles. The van der Waals surface area contributed by atoms with Gasteiger partial charge in [-0.1, -0.05) is 18.2 Å². The smallest absolute Gasteiger partial charge is 0.274 e. The first-order valence-corrected chi connectivity index (χ1v) is 9.98. The lowest BCUT2D eigenvalue weighted by molar-refractivity contribution is -0.385. The van der Waals surface area contributed by atoms with Gasteiger partial charge in [-0.15, -0.1) is 0 Å². The molecule has 0 spiro atoms. The van der Waals surface area contributed by atoms with Gasteiger partial charge in [0.2, 0.25) is 15.9 Å². The van der Waals surface area contributed by atoms with E-state index in [9.17, 15) is 23.3 Å². The third-order valence-corrected chi connectivity index (χ3v) is 5.35. The molecule has 1 N–H and O–H groups in total.